The van der Waals surface area contributed by atoms with Crippen LogP contribution in [0.1, 0.15) is 43.7 Å². The Balaban J connectivity index is 0.00000208. The third-order valence-electron chi connectivity index (χ3n) is 4.85. The van der Waals surface area contributed by atoms with Gasteiger partial charge in [-0.15, -0.1) is 12.4 Å². The number of carbonyl (C=O) groups excluding carboxylic acids is 2. The average molecular weight is 352 g/mol. The number of fused-ring (bicyclic) bond motifs is 1. The van der Waals surface area contributed by atoms with Crippen LogP contribution < -0.4 is 16.0 Å². The Morgan fingerprint density at radius 3 is 2.54 bits per heavy atom. The Bertz CT molecular complexity index is 587. The molecule has 1 aromatic rings. The van der Waals surface area contributed by atoms with E-state index in [9.17, 15) is 9.59 Å². The Kier molecular flexibility index (Phi) is 6.63. The number of amides is 2. The zero-order valence-corrected chi connectivity index (χ0v) is 14.8. The number of carbonyl (C=O) groups is 2. The van der Waals surface area contributed by atoms with E-state index in [1.165, 1.54) is 24.0 Å². The van der Waals surface area contributed by atoms with E-state index in [0.717, 1.165) is 12.8 Å². The molecule has 1 fully saturated rings. The van der Waals surface area contributed by atoms with Gasteiger partial charge >= 0.3 is 0 Å². The van der Waals surface area contributed by atoms with Crippen LogP contribution in [0.3, 0.4) is 0 Å². The standard InChI is InChI=1S/C18H25N3O2.ClH/c1-12(17(22)21-15-8-4-5-9-15)20-18(23)16-10-13-6-2-3-7-14(13)11-19-16;/h2-3,6-7,12,15-16,19H,4-5,8-11H2,1H3,(H,20,23)(H,21,22);1H/t12-,16+;/m1./s1. The summed E-state index contributed by atoms with van der Waals surface area (Å²) in [5, 5.41) is 9.12. The molecule has 1 aliphatic carbocycles. The molecule has 1 aromatic carbocycles. The molecule has 0 bridgehead atoms. The molecule has 24 heavy (non-hydrogen) atoms. The van der Waals surface area contributed by atoms with Gasteiger partial charge in [0.05, 0.1) is 6.04 Å². The highest BCUT2D eigenvalue weighted by Gasteiger charge is 2.27. The molecule has 1 heterocycles. The van der Waals surface area contributed by atoms with Crippen molar-refractivity contribution in [1.82, 2.24) is 16.0 Å². The molecule has 0 unspecified atom stereocenters. The van der Waals surface area contributed by atoms with Crippen molar-refractivity contribution < 1.29 is 9.59 Å². The summed E-state index contributed by atoms with van der Waals surface area (Å²) >= 11 is 0. The fourth-order valence-electron chi connectivity index (χ4n) is 3.42. The van der Waals surface area contributed by atoms with Crippen LogP contribution in [0.15, 0.2) is 24.3 Å². The van der Waals surface area contributed by atoms with Crippen molar-refractivity contribution in [3.63, 3.8) is 0 Å². The Morgan fingerprint density at radius 2 is 1.83 bits per heavy atom. The van der Waals surface area contributed by atoms with E-state index in [4.69, 9.17) is 0 Å². The van der Waals surface area contributed by atoms with E-state index < -0.39 is 6.04 Å². The second kappa shape index (κ2) is 8.49. The van der Waals surface area contributed by atoms with Crippen molar-refractivity contribution in [2.45, 2.75) is 63.7 Å². The summed E-state index contributed by atoms with van der Waals surface area (Å²) in [5.41, 5.74) is 2.44. The molecule has 5 nitrogen and oxygen atoms in total. The fourth-order valence-corrected chi connectivity index (χ4v) is 3.42. The molecule has 3 rings (SSSR count). The maximum Gasteiger partial charge on any atom is 0.242 e. The van der Waals surface area contributed by atoms with Crippen LogP contribution in [0.5, 0.6) is 0 Å². The lowest BCUT2D eigenvalue weighted by Crippen LogP contribution is -2.54. The summed E-state index contributed by atoms with van der Waals surface area (Å²) in [4.78, 5) is 24.6. The lowest BCUT2D eigenvalue weighted by Gasteiger charge is -2.26. The van der Waals surface area contributed by atoms with Gasteiger partial charge in [0, 0.05) is 12.6 Å². The van der Waals surface area contributed by atoms with Gasteiger partial charge in [-0.3, -0.25) is 9.59 Å². The molecule has 0 radical (unpaired) electrons. The van der Waals surface area contributed by atoms with Gasteiger partial charge in [0.25, 0.3) is 0 Å². The molecule has 0 aromatic heterocycles. The van der Waals surface area contributed by atoms with E-state index in [1.54, 1.807) is 6.92 Å². The monoisotopic (exact) mass is 351 g/mol. The number of halogens is 1. The molecule has 2 amide bonds. The quantitative estimate of drug-likeness (QED) is 0.773. The van der Waals surface area contributed by atoms with Gasteiger partial charge in [0.2, 0.25) is 11.8 Å². The SMILES string of the molecule is C[C@@H](NC(=O)[C@@H]1Cc2ccccc2CN1)C(=O)NC1CCCC1.Cl. The zero-order valence-electron chi connectivity index (χ0n) is 14.0. The minimum absolute atomic E-state index is 0. The largest absolute Gasteiger partial charge is 0.352 e. The first kappa shape index (κ1) is 18.7. The number of rotatable bonds is 4. The van der Waals surface area contributed by atoms with Gasteiger partial charge in [-0.1, -0.05) is 37.1 Å². The predicted octanol–water partition coefficient (Wildman–Crippen LogP) is 1.69. The maximum atomic E-state index is 12.4. The van der Waals surface area contributed by atoms with Gasteiger partial charge in [-0.25, -0.2) is 0 Å². The molecular formula is C18H26ClN3O2. The Morgan fingerprint density at radius 1 is 1.17 bits per heavy atom. The molecule has 2 aliphatic rings. The molecule has 0 saturated heterocycles. The second-order valence-corrected chi connectivity index (χ2v) is 6.63. The molecule has 0 spiro atoms. The average Bonchev–Trinajstić information content (AvgIpc) is 3.07. The smallest absolute Gasteiger partial charge is 0.242 e. The van der Waals surface area contributed by atoms with Gasteiger partial charge < -0.3 is 16.0 Å². The first-order chi connectivity index (χ1) is 11.1. The van der Waals surface area contributed by atoms with Crippen LogP contribution in [-0.2, 0) is 22.6 Å². The first-order valence-electron chi connectivity index (χ1n) is 8.54. The molecule has 1 saturated carbocycles. The van der Waals surface area contributed by atoms with Crippen molar-refractivity contribution in [2.24, 2.45) is 0 Å². The van der Waals surface area contributed by atoms with E-state index in [0.29, 0.717) is 13.0 Å². The van der Waals surface area contributed by atoms with Gasteiger partial charge in [0.1, 0.15) is 6.04 Å². The summed E-state index contributed by atoms with van der Waals surface area (Å²) in [6.07, 6.45) is 5.12. The third kappa shape index (κ3) is 4.48. The number of hydrogen-bond donors (Lipinski definition) is 3. The maximum absolute atomic E-state index is 12.4. The van der Waals surface area contributed by atoms with E-state index >= 15 is 0 Å². The highest BCUT2D eigenvalue weighted by atomic mass is 35.5. The Labute approximate surface area is 149 Å². The van der Waals surface area contributed by atoms with E-state index in [2.05, 4.69) is 28.1 Å². The molecular weight excluding hydrogens is 326 g/mol. The van der Waals surface area contributed by atoms with Gasteiger partial charge in [-0.05, 0) is 37.3 Å². The number of benzene rings is 1. The predicted molar refractivity (Wildman–Crippen MR) is 96.0 cm³/mol. The van der Waals surface area contributed by atoms with Crippen molar-refractivity contribution in [1.29, 1.82) is 0 Å². The van der Waals surface area contributed by atoms with Crippen molar-refractivity contribution in [3.8, 4) is 0 Å². The summed E-state index contributed by atoms with van der Waals surface area (Å²) in [6.45, 7) is 2.44. The van der Waals surface area contributed by atoms with Gasteiger partial charge in [0.15, 0.2) is 0 Å². The van der Waals surface area contributed by atoms with Crippen LogP contribution >= 0.6 is 12.4 Å². The molecule has 3 N–H and O–H groups in total. The topological polar surface area (TPSA) is 70.2 Å². The number of nitrogens with one attached hydrogen (secondary N) is 3. The van der Waals surface area contributed by atoms with Crippen LogP contribution in [0, 0.1) is 0 Å². The number of hydrogen-bond acceptors (Lipinski definition) is 3. The first-order valence-corrected chi connectivity index (χ1v) is 8.54. The zero-order chi connectivity index (χ0) is 16.2. The highest BCUT2D eigenvalue weighted by Crippen LogP contribution is 2.18. The normalized spacial score (nSPS) is 21.3. The summed E-state index contributed by atoms with van der Waals surface area (Å²) in [5.74, 6) is -0.185. The summed E-state index contributed by atoms with van der Waals surface area (Å²) in [6, 6.07) is 7.66. The fraction of sp³-hybridized carbons (Fsp3) is 0.556. The van der Waals surface area contributed by atoms with Crippen LogP contribution in [0.2, 0.25) is 0 Å². The summed E-state index contributed by atoms with van der Waals surface area (Å²) < 4.78 is 0. The van der Waals surface area contributed by atoms with Gasteiger partial charge in [-0.2, -0.15) is 0 Å². The molecule has 2 atom stereocenters. The molecule has 1 aliphatic heterocycles. The van der Waals surface area contributed by atoms with E-state index in [-0.39, 0.29) is 36.3 Å². The lowest BCUT2D eigenvalue weighted by atomic mass is 9.95. The van der Waals surface area contributed by atoms with Crippen molar-refractivity contribution in [3.05, 3.63) is 35.4 Å². The summed E-state index contributed by atoms with van der Waals surface area (Å²) in [7, 11) is 0. The van der Waals surface area contributed by atoms with Crippen LogP contribution in [-0.4, -0.2) is 29.9 Å². The van der Waals surface area contributed by atoms with Crippen LogP contribution in [0.4, 0.5) is 0 Å². The van der Waals surface area contributed by atoms with Crippen molar-refractivity contribution in [2.75, 3.05) is 0 Å². The minimum atomic E-state index is -0.498. The lowest BCUT2D eigenvalue weighted by molar-refractivity contribution is -0.130. The second-order valence-electron chi connectivity index (χ2n) is 6.63. The van der Waals surface area contributed by atoms with E-state index in [1.807, 2.05) is 12.1 Å². The third-order valence-corrected chi connectivity index (χ3v) is 4.85. The molecule has 132 valence electrons. The van der Waals surface area contributed by atoms with Crippen molar-refractivity contribution >= 4 is 24.2 Å². The van der Waals surface area contributed by atoms with Crippen LogP contribution in [0.25, 0.3) is 0 Å². The highest BCUT2D eigenvalue weighted by molar-refractivity contribution is 5.89. The minimum Gasteiger partial charge on any atom is -0.352 e. The molecule has 6 heteroatoms. The Hall–Kier alpha value is -1.59.